The summed E-state index contributed by atoms with van der Waals surface area (Å²) in [6.45, 7) is 10.3. The Morgan fingerprint density at radius 3 is 2.33 bits per heavy atom. The molecule has 1 aliphatic rings. The molecule has 1 rings (SSSR count). The Morgan fingerprint density at radius 2 is 1.93 bits per heavy atom. The number of ether oxygens (including phenoxy) is 1. The van der Waals surface area contributed by atoms with Crippen LogP contribution in [-0.2, 0) is 4.74 Å². The van der Waals surface area contributed by atoms with Gasteiger partial charge in [-0.25, -0.2) is 0 Å². The van der Waals surface area contributed by atoms with E-state index >= 15 is 0 Å². The molecular formula is C13H27NO. The van der Waals surface area contributed by atoms with Crippen LogP contribution in [0.2, 0.25) is 0 Å². The van der Waals surface area contributed by atoms with Crippen molar-refractivity contribution in [1.82, 2.24) is 5.32 Å². The first-order valence-corrected chi connectivity index (χ1v) is 6.32. The van der Waals surface area contributed by atoms with Crippen LogP contribution < -0.4 is 5.32 Å². The Kier molecular flexibility index (Phi) is 4.60. The summed E-state index contributed by atoms with van der Waals surface area (Å²) in [6, 6.07) is 0.642. The first-order chi connectivity index (χ1) is 7.06. The SMILES string of the molecule is CCC(CC)CNC1CC(OC)C1(C)C. The molecule has 0 aromatic carbocycles. The van der Waals surface area contributed by atoms with Gasteiger partial charge in [-0.05, 0) is 18.9 Å². The zero-order valence-corrected chi connectivity index (χ0v) is 11.0. The molecule has 0 saturated heterocycles. The van der Waals surface area contributed by atoms with Crippen molar-refractivity contribution >= 4 is 0 Å². The number of hydrogen-bond acceptors (Lipinski definition) is 2. The fourth-order valence-electron chi connectivity index (χ4n) is 2.52. The van der Waals surface area contributed by atoms with Crippen LogP contribution in [0.5, 0.6) is 0 Å². The Bertz CT molecular complexity index is 187. The van der Waals surface area contributed by atoms with Gasteiger partial charge in [-0.1, -0.05) is 40.5 Å². The Labute approximate surface area is 94.8 Å². The summed E-state index contributed by atoms with van der Waals surface area (Å²) in [7, 11) is 1.82. The Morgan fingerprint density at radius 1 is 1.33 bits per heavy atom. The van der Waals surface area contributed by atoms with E-state index in [1.165, 1.54) is 19.3 Å². The molecule has 1 fully saturated rings. The van der Waals surface area contributed by atoms with E-state index in [1.54, 1.807) is 0 Å². The van der Waals surface area contributed by atoms with Gasteiger partial charge in [0.25, 0.3) is 0 Å². The summed E-state index contributed by atoms with van der Waals surface area (Å²) in [5.41, 5.74) is 0.306. The van der Waals surface area contributed by atoms with Crippen LogP contribution >= 0.6 is 0 Å². The molecule has 2 unspecified atom stereocenters. The second kappa shape index (κ2) is 5.31. The molecule has 1 aliphatic carbocycles. The van der Waals surface area contributed by atoms with Crippen molar-refractivity contribution in [2.45, 2.75) is 59.1 Å². The van der Waals surface area contributed by atoms with Crippen molar-refractivity contribution in [3.05, 3.63) is 0 Å². The van der Waals surface area contributed by atoms with Crippen LogP contribution in [-0.4, -0.2) is 25.8 Å². The van der Waals surface area contributed by atoms with E-state index in [0.717, 1.165) is 12.5 Å². The molecule has 2 nitrogen and oxygen atoms in total. The highest BCUT2D eigenvalue weighted by Crippen LogP contribution is 2.42. The lowest BCUT2D eigenvalue weighted by Crippen LogP contribution is -2.61. The van der Waals surface area contributed by atoms with Crippen LogP contribution in [0.15, 0.2) is 0 Å². The fourth-order valence-corrected chi connectivity index (χ4v) is 2.52. The highest BCUT2D eigenvalue weighted by molar-refractivity contribution is 5.02. The number of nitrogens with one attached hydrogen (secondary N) is 1. The maximum Gasteiger partial charge on any atom is 0.0652 e. The van der Waals surface area contributed by atoms with Crippen molar-refractivity contribution in [3.63, 3.8) is 0 Å². The molecule has 0 bridgehead atoms. The molecule has 90 valence electrons. The molecule has 0 aliphatic heterocycles. The Hall–Kier alpha value is -0.0800. The lowest BCUT2D eigenvalue weighted by atomic mass is 9.64. The van der Waals surface area contributed by atoms with E-state index in [9.17, 15) is 0 Å². The third-order valence-corrected chi connectivity index (χ3v) is 4.27. The van der Waals surface area contributed by atoms with Gasteiger partial charge in [0.05, 0.1) is 6.10 Å². The fraction of sp³-hybridized carbons (Fsp3) is 1.00. The molecule has 0 aromatic heterocycles. The molecule has 0 aromatic rings. The highest BCUT2D eigenvalue weighted by Gasteiger charge is 2.48. The summed E-state index contributed by atoms with van der Waals surface area (Å²) in [5.74, 6) is 0.836. The molecule has 0 spiro atoms. The van der Waals surface area contributed by atoms with Crippen molar-refractivity contribution in [2.75, 3.05) is 13.7 Å². The number of hydrogen-bond donors (Lipinski definition) is 1. The first-order valence-electron chi connectivity index (χ1n) is 6.32. The van der Waals surface area contributed by atoms with Crippen molar-refractivity contribution in [1.29, 1.82) is 0 Å². The van der Waals surface area contributed by atoms with E-state index in [4.69, 9.17) is 4.74 Å². The van der Waals surface area contributed by atoms with Crippen molar-refractivity contribution in [3.8, 4) is 0 Å². The molecule has 2 atom stereocenters. The van der Waals surface area contributed by atoms with Crippen LogP contribution in [0.1, 0.15) is 47.0 Å². The monoisotopic (exact) mass is 213 g/mol. The van der Waals surface area contributed by atoms with Crippen molar-refractivity contribution < 1.29 is 4.74 Å². The predicted octanol–water partition coefficient (Wildman–Crippen LogP) is 2.83. The molecule has 1 N–H and O–H groups in total. The molecule has 0 heterocycles. The van der Waals surface area contributed by atoms with Gasteiger partial charge in [-0.3, -0.25) is 0 Å². The van der Waals surface area contributed by atoms with E-state index in [1.807, 2.05) is 7.11 Å². The van der Waals surface area contributed by atoms with Gasteiger partial charge in [0.2, 0.25) is 0 Å². The van der Waals surface area contributed by atoms with E-state index in [2.05, 4.69) is 33.0 Å². The average Bonchev–Trinajstić information content (AvgIpc) is 2.22. The third kappa shape index (κ3) is 2.73. The van der Waals surface area contributed by atoms with Gasteiger partial charge in [0.15, 0.2) is 0 Å². The van der Waals surface area contributed by atoms with E-state index in [-0.39, 0.29) is 0 Å². The number of rotatable bonds is 6. The normalized spacial score (nSPS) is 29.2. The predicted molar refractivity (Wildman–Crippen MR) is 65.1 cm³/mol. The van der Waals surface area contributed by atoms with E-state index < -0.39 is 0 Å². The zero-order chi connectivity index (χ0) is 11.5. The molecule has 15 heavy (non-hydrogen) atoms. The topological polar surface area (TPSA) is 21.3 Å². The summed E-state index contributed by atoms with van der Waals surface area (Å²) in [4.78, 5) is 0. The van der Waals surface area contributed by atoms with E-state index in [0.29, 0.717) is 17.6 Å². The second-order valence-corrected chi connectivity index (χ2v) is 5.42. The Balaban J connectivity index is 2.30. The average molecular weight is 213 g/mol. The molecule has 0 radical (unpaired) electrons. The smallest absolute Gasteiger partial charge is 0.0652 e. The maximum absolute atomic E-state index is 5.45. The minimum Gasteiger partial charge on any atom is -0.381 e. The van der Waals surface area contributed by atoms with Crippen LogP contribution in [0.3, 0.4) is 0 Å². The first kappa shape index (κ1) is 13.0. The van der Waals surface area contributed by atoms with Gasteiger partial charge >= 0.3 is 0 Å². The van der Waals surface area contributed by atoms with Crippen LogP contribution in [0, 0.1) is 11.3 Å². The summed E-state index contributed by atoms with van der Waals surface area (Å²) >= 11 is 0. The minimum absolute atomic E-state index is 0.306. The van der Waals surface area contributed by atoms with Crippen LogP contribution in [0.4, 0.5) is 0 Å². The number of methoxy groups -OCH3 is 1. The lowest BCUT2D eigenvalue weighted by Gasteiger charge is -2.51. The van der Waals surface area contributed by atoms with Gasteiger partial charge in [0, 0.05) is 18.6 Å². The highest BCUT2D eigenvalue weighted by atomic mass is 16.5. The summed E-state index contributed by atoms with van der Waals surface area (Å²) in [5, 5.41) is 3.70. The zero-order valence-electron chi connectivity index (χ0n) is 11.0. The molecular weight excluding hydrogens is 186 g/mol. The van der Waals surface area contributed by atoms with Gasteiger partial charge in [-0.2, -0.15) is 0 Å². The second-order valence-electron chi connectivity index (χ2n) is 5.42. The molecule has 0 amide bonds. The minimum atomic E-state index is 0.306. The largest absolute Gasteiger partial charge is 0.381 e. The van der Waals surface area contributed by atoms with Gasteiger partial charge < -0.3 is 10.1 Å². The van der Waals surface area contributed by atoms with Gasteiger partial charge in [0.1, 0.15) is 0 Å². The molecule has 2 heteroatoms. The van der Waals surface area contributed by atoms with Crippen LogP contribution in [0.25, 0.3) is 0 Å². The van der Waals surface area contributed by atoms with Crippen molar-refractivity contribution in [2.24, 2.45) is 11.3 Å². The molecule has 1 saturated carbocycles. The lowest BCUT2D eigenvalue weighted by molar-refractivity contribution is -0.0981. The summed E-state index contributed by atoms with van der Waals surface area (Å²) in [6.07, 6.45) is 4.18. The quantitative estimate of drug-likeness (QED) is 0.732. The summed E-state index contributed by atoms with van der Waals surface area (Å²) < 4.78 is 5.45. The standard InChI is InChI=1S/C13H27NO/c1-6-10(7-2)9-14-11-8-12(15-5)13(11,3)4/h10-12,14H,6-9H2,1-5H3. The van der Waals surface area contributed by atoms with Gasteiger partial charge in [-0.15, -0.1) is 0 Å². The third-order valence-electron chi connectivity index (χ3n) is 4.27. The maximum atomic E-state index is 5.45.